The van der Waals surface area contributed by atoms with Crippen molar-refractivity contribution < 1.29 is 4.79 Å². The summed E-state index contributed by atoms with van der Waals surface area (Å²) in [5, 5.41) is 11.3. The Morgan fingerprint density at radius 1 is 1.17 bits per heavy atom. The Bertz CT molecular complexity index is 706. The molecule has 1 aromatic carbocycles. The number of anilines is 2. The molecule has 1 saturated heterocycles. The highest BCUT2D eigenvalue weighted by atomic mass is 16.1. The first-order valence-corrected chi connectivity index (χ1v) is 8.49. The van der Waals surface area contributed by atoms with Crippen LogP contribution in [-0.2, 0) is 0 Å². The minimum absolute atomic E-state index is 0.230. The smallest absolute Gasteiger partial charge is 0.276 e. The number of nitrogens with zero attached hydrogens (tertiary/aromatic N) is 3. The van der Waals surface area contributed by atoms with Gasteiger partial charge >= 0.3 is 0 Å². The lowest BCUT2D eigenvalue weighted by atomic mass is 10.0. The lowest BCUT2D eigenvalue weighted by Crippen LogP contribution is -2.35. The second kappa shape index (κ2) is 6.99. The Labute approximate surface area is 143 Å². The van der Waals surface area contributed by atoms with Gasteiger partial charge in [-0.1, -0.05) is 13.0 Å². The third-order valence-corrected chi connectivity index (χ3v) is 4.34. The monoisotopic (exact) mass is 324 g/mol. The second-order valence-corrected chi connectivity index (χ2v) is 6.80. The van der Waals surface area contributed by atoms with E-state index in [-0.39, 0.29) is 5.91 Å². The van der Waals surface area contributed by atoms with Crippen LogP contribution in [0.3, 0.4) is 0 Å². The van der Waals surface area contributed by atoms with Crippen LogP contribution in [0.4, 0.5) is 11.5 Å². The van der Waals surface area contributed by atoms with Gasteiger partial charge in [0.05, 0.1) is 0 Å². The number of aromatic nitrogens is 2. The van der Waals surface area contributed by atoms with Gasteiger partial charge in [-0.05, 0) is 68.0 Å². The van der Waals surface area contributed by atoms with Crippen molar-refractivity contribution in [3.8, 4) is 0 Å². The lowest BCUT2D eigenvalue weighted by Gasteiger charge is -2.31. The van der Waals surface area contributed by atoms with Gasteiger partial charge < -0.3 is 10.2 Å². The van der Waals surface area contributed by atoms with Crippen LogP contribution in [0, 0.1) is 19.8 Å². The molecule has 0 radical (unpaired) electrons. The number of carbonyl (C=O) groups excluding carboxylic acids is 1. The summed E-state index contributed by atoms with van der Waals surface area (Å²) in [6.45, 7) is 8.29. The highest BCUT2D eigenvalue weighted by Gasteiger charge is 2.18. The average molecular weight is 324 g/mol. The van der Waals surface area contributed by atoms with E-state index in [0.29, 0.717) is 11.6 Å². The molecule has 1 fully saturated rings. The number of carbonyl (C=O) groups is 1. The first kappa shape index (κ1) is 16.4. The molecule has 1 unspecified atom stereocenters. The van der Waals surface area contributed by atoms with Crippen molar-refractivity contribution in [3.05, 3.63) is 47.2 Å². The summed E-state index contributed by atoms with van der Waals surface area (Å²) in [6.07, 6.45) is 2.44. The van der Waals surface area contributed by atoms with Crippen LogP contribution in [0.25, 0.3) is 0 Å². The van der Waals surface area contributed by atoms with Crippen molar-refractivity contribution in [2.24, 2.45) is 5.92 Å². The van der Waals surface area contributed by atoms with Crippen LogP contribution in [0.5, 0.6) is 0 Å². The zero-order valence-electron chi connectivity index (χ0n) is 14.5. The molecule has 5 heteroatoms. The van der Waals surface area contributed by atoms with Gasteiger partial charge in [0.15, 0.2) is 11.5 Å². The molecule has 1 N–H and O–H groups in total. The number of rotatable bonds is 3. The molecule has 0 spiro atoms. The minimum atomic E-state index is -0.230. The molecule has 126 valence electrons. The largest absolute Gasteiger partial charge is 0.355 e. The Hall–Kier alpha value is -2.43. The fourth-order valence-electron chi connectivity index (χ4n) is 3.25. The summed E-state index contributed by atoms with van der Waals surface area (Å²) in [5.74, 6) is 1.30. The number of hydrogen-bond donors (Lipinski definition) is 1. The van der Waals surface area contributed by atoms with E-state index in [9.17, 15) is 4.79 Å². The van der Waals surface area contributed by atoms with Gasteiger partial charge in [0.2, 0.25) is 0 Å². The molecular formula is C19H24N4O. The Balaban J connectivity index is 1.69. The molecule has 1 amide bonds. The molecule has 2 heterocycles. The summed E-state index contributed by atoms with van der Waals surface area (Å²) in [6, 6.07) is 9.61. The molecule has 24 heavy (non-hydrogen) atoms. The van der Waals surface area contributed by atoms with E-state index >= 15 is 0 Å². The topological polar surface area (TPSA) is 58.1 Å². The van der Waals surface area contributed by atoms with E-state index in [1.165, 1.54) is 12.8 Å². The SMILES string of the molecule is Cc1cc(C)cc(NC(=O)c2ccc(N3CCCC(C)C3)nn2)c1. The molecule has 1 atom stereocenters. The Kier molecular flexibility index (Phi) is 4.79. The molecule has 0 saturated carbocycles. The third-order valence-electron chi connectivity index (χ3n) is 4.34. The van der Waals surface area contributed by atoms with E-state index in [4.69, 9.17) is 0 Å². The number of hydrogen-bond acceptors (Lipinski definition) is 4. The summed E-state index contributed by atoms with van der Waals surface area (Å²) in [7, 11) is 0. The van der Waals surface area contributed by atoms with E-state index in [1.54, 1.807) is 6.07 Å². The predicted molar refractivity (Wildman–Crippen MR) is 96.5 cm³/mol. The highest BCUT2D eigenvalue weighted by Crippen LogP contribution is 2.21. The van der Waals surface area contributed by atoms with Crippen LogP contribution in [0.1, 0.15) is 41.4 Å². The van der Waals surface area contributed by atoms with Crippen LogP contribution in [0.15, 0.2) is 30.3 Å². The predicted octanol–water partition coefficient (Wildman–Crippen LogP) is 3.58. The minimum Gasteiger partial charge on any atom is -0.355 e. The van der Waals surface area contributed by atoms with Crippen molar-refractivity contribution in [2.75, 3.05) is 23.3 Å². The maximum Gasteiger partial charge on any atom is 0.276 e. The Morgan fingerprint density at radius 3 is 2.54 bits per heavy atom. The molecule has 1 aliphatic heterocycles. The van der Waals surface area contributed by atoms with Gasteiger partial charge in [0.1, 0.15) is 0 Å². The zero-order chi connectivity index (χ0) is 17.1. The molecule has 1 aromatic heterocycles. The van der Waals surface area contributed by atoms with Crippen molar-refractivity contribution in [1.82, 2.24) is 10.2 Å². The number of nitrogens with one attached hydrogen (secondary N) is 1. The first-order chi connectivity index (χ1) is 11.5. The molecule has 0 bridgehead atoms. The fourth-order valence-corrected chi connectivity index (χ4v) is 3.25. The average Bonchev–Trinajstić information content (AvgIpc) is 2.54. The summed E-state index contributed by atoms with van der Waals surface area (Å²) >= 11 is 0. The van der Waals surface area contributed by atoms with Gasteiger partial charge in [0, 0.05) is 18.8 Å². The van der Waals surface area contributed by atoms with Gasteiger partial charge in [0.25, 0.3) is 5.91 Å². The molecular weight excluding hydrogens is 300 g/mol. The summed E-state index contributed by atoms with van der Waals surface area (Å²) in [4.78, 5) is 14.6. The van der Waals surface area contributed by atoms with Crippen LogP contribution in [-0.4, -0.2) is 29.2 Å². The van der Waals surface area contributed by atoms with Crippen LogP contribution >= 0.6 is 0 Å². The van der Waals surface area contributed by atoms with Gasteiger partial charge in [-0.3, -0.25) is 4.79 Å². The Morgan fingerprint density at radius 2 is 1.92 bits per heavy atom. The van der Waals surface area contributed by atoms with Crippen molar-refractivity contribution >= 4 is 17.4 Å². The number of aryl methyl sites for hydroxylation is 2. The number of benzene rings is 1. The van der Waals surface area contributed by atoms with E-state index in [1.807, 2.05) is 32.0 Å². The molecule has 1 aliphatic rings. The van der Waals surface area contributed by atoms with Crippen molar-refractivity contribution in [2.45, 2.75) is 33.6 Å². The third kappa shape index (κ3) is 3.91. The normalized spacial score (nSPS) is 17.6. The van der Waals surface area contributed by atoms with Crippen LogP contribution in [0.2, 0.25) is 0 Å². The van der Waals surface area contributed by atoms with E-state index in [0.717, 1.165) is 35.7 Å². The molecule has 2 aromatic rings. The van der Waals surface area contributed by atoms with Gasteiger partial charge in [-0.15, -0.1) is 10.2 Å². The standard InChI is InChI=1S/C19H24N4O/c1-13-5-4-8-23(12-13)18-7-6-17(21-22-18)19(24)20-16-10-14(2)9-15(3)11-16/h6-7,9-11,13H,4-5,8,12H2,1-3H3,(H,20,24). The van der Waals surface area contributed by atoms with Crippen LogP contribution < -0.4 is 10.2 Å². The quantitative estimate of drug-likeness (QED) is 0.937. The lowest BCUT2D eigenvalue weighted by molar-refractivity contribution is 0.102. The molecule has 0 aliphatic carbocycles. The molecule has 5 nitrogen and oxygen atoms in total. The van der Waals surface area contributed by atoms with E-state index < -0.39 is 0 Å². The van der Waals surface area contributed by atoms with Gasteiger partial charge in [-0.25, -0.2) is 0 Å². The van der Waals surface area contributed by atoms with Crippen molar-refractivity contribution in [1.29, 1.82) is 0 Å². The number of amides is 1. The maximum absolute atomic E-state index is 12.3. The van der Waals surface area contributed by atoms with Crippen molar-refractivity contribution in [3.63, 3.8) is 0 Å². The number of piperidine rings is 1. The summed E-state index contributed by atoms with van der Waals surface area (Å²) < 4.78 is 0. The highest BCUT2D eigenvalue weighted by molar-refractivity contribution is 6.02. The second-order valence-electron chi connectivity index (χ2n) is 6.80. The molecule has 3 rings (SSSR count). The van der Waals surface area contributed by atoms with Gasteiger partial charge in [-0.2, -0.15) is 0 Å². The summed E-state index contributed by atoms with van der Waals surface area (Å²) in [5.41, 5.74) is 3.35. The maximum atomic E-state index is 12.3. The van der Waals surface area contributed by atoms with E-state index in [2.05, 4.69) is 33.4 Å². The first-order valence-electron chi connectivity index (χ1n) is 8.49. The zero-order valence-corrected chi connectivity index (χ0v) is 14.5. The fraction of sp³-hybridized carbons (Fsp3) is 0.421.